The number of rotatable bonds is 4. The highest BCUT2D eigenvalue weighted by Crippen LogP contribution is 2.15. The Hall–Kier alpha value is -1.81. The first-order chi connectivity index (χ1) is 7.99. The van der Waals surface area contributed by atoms with E-state index in [1.165, 1.54) is 0 Å². The maximum absolute atomic E-state index is 11.3. The van der Waals surface area contributed by atoms with E-state index in [0.29, 0.717) is 5.02 Å². The zero-order valence-electron chi connectivity index (χ0n) is 9.18. The second-order valence-electron chi connectivity index (χ2n) is 3.45. The number of carbonyl (C=O) groups excluding carboxylic acids is 1. The maximum Gasteiger partial charge on any atom is 0.328 e. The largest absolute Gasteiger partial charge is 0.478 e. The Morgan fingerprint density at radius 1 is 1.29 bits per heavy atom. The van der Waals surface area contributed by atoms with Crippen molar-refractivity contribution >= 4 is 23.5 Å². The first-order valence-electron chi connectivity index (χ1n) is 4.96. The average molecular weight is 254 g/mol. The molecule has 1 amide bonds. The molecule has 0 saturated heterocycles. The van der Waals surface area contributed by atoms with E-state index >= 15 is 0 Å². The highest BCUT2D eigenvalue weighted by Gasteiger charge is 2.07. The zero-order chi connectivity index (χ0) is 12.8. The number of amides is 1. The van der Waals surface area contributed by atoms with Gasteiger partial charge in [-0.3, -0.25) is 4.79 Å². The lowest BCUT2D eigenvalue weighted by molar-refractivity contribution is -0.131. The number of hydrogen-bond acceptors (Lipinski definition) is 2. The quantitative estimate of drug-likeness (QED) is 0.808. The van der Waals surface area contributed by atoms with Crippen molar-refractivity contribution < 1.29 is 14.7 Å². The standard InChI is InChI=1S/C12H12ClNO3/c1-8(9-2-4-10(13)5-3-9)14-11(15)6-7-12(16)17/h2-8H,1H3,(H,14,15)(H,16,17). The fourth-order valence-electron chi connectivity index (χ4n) is 1.24. The number of carbonyl (C=O) groups is 2. The molecule has 0 aliphatic carbocycles. The molecule has 0 heterocycles. The molecule has 90 valence electrons. The summed E-state index contributed by atoms with van der Waals surface area (Å²) in [6, 6.07) is 6.85. The maximum atomic E-state index is 11.3. The molecular weight excluding hydrogens is 242 g/mol. The van der Waals surface area contributed by atoms with Crippen molar-refractivity contribution in [3.8, 4) is 0 Å². The van der Waals surface area contributed by atoms with Crippen LogP contribution in [0.15, 0.2) is 36.4 Å². The lowest BCUT2D eigenvalue weighted by atomic mass is 10.1. The molecule has 1 aromatic carbocycles. The van der Waals surface area contributed by atoms with Crippen LogP contribution in [0.1, 0.15) is 18.5 Å². The number of aliphatic carboxylic acids is 1. The molecule has 0 radical (unpaired) electrons. The van der Waals surface area contributed by atoms with E-state index in [1.807, 2.05) is 0 Å². The predicted molar refractivity (Wildman–Crippen MR) is 64.8 cm³/mol. The van der Waals surface area contributed by atoms with E-state index in [4.69, 9.17) is 16.7 Å². The Balaban J connectivity index is 2.60. The minimum atomic E-state index is -1.15. The Morgan fingerprint density at radius 2 is 1.88 bits per heavy atom. The number of halogens is 1. The number of carboxylic acids is 1. The van der Waals surface area contributed by atoms with Gasteiger partial charge in [0.1, 0.15) is 0 Å². The fourth-order valence-corrected chi connectivity index (χ4v) is 1.37. The van der Waals surface area contributed by atoms with Crippen molar-refractivity contribution in [1.82, 2.24) is 5.32 Å². The van der Waals surface area contributed by atoms with E-state index in [1.54, 1.807) is 31.2 Å². The Bertz CT molecular complexity index is 440. The van der Waals surface area contributed by atoms with Crippen LogP contribution in [-0.4, -0.2) is 17.0 Å². The van der Waals surface area contributed by atoms with Gasteiger partial charge in [0.2, 0.25) is 5.91 Å². The molecule has 2 N–H and O–H groups in total. The van der Waals surface area contributed by atoms with E-state index in [-0.39, 0.29) is 6.04 Å². The lowest BCUT2D eigenvalue weighted by Gasteiger charge is -2.12. The van der Waals surface area contributed by atoms with Crippen molar-refractivity contribution in [3.05, 3.63) is 47.0 Å². The average Bonchev–Trinajstić information content (AvgIpc) is 2.27. The van der Waals surface area contributed by atoms with Gasteiger partial charge in [-0.2, -0.15) is 0 Å². The smallest absolute Gasteiger partial charge is 0.328 e. The molecule has 1 aromatic rings. The molecule has 1 rings (SSSR count). The van der Waals surface area contributed by atoms with E-state index in [2.05, 4.69) is 5.32 Å². The van der Waals surface area contributed by atoms with Gasteiger partial charge in [-0.15, -0.1) is 0 Å². The van der Waals surface area contributed by atoms with Crippen molar-refractivity contribution in [2.24, 2.45) is 0 Å². The number of benzene rings is 1. The first kappa shape index (κ1) is 13.3. The monoisotopic (exact) mass is 253 g/mol. The van der Waals surface area contributed by atoms with Gasteiger partial charge in [-0.05, 0) is 24.6 Å². The summed E-state index contributed by atoms with van der Waals surface area (Å²) < 4.78 is 0. The van der Waals surface area contributed by atoms with Crippen molar-refractivity contribution in [1.29, 1.82) is 0 Å². The Kier molecular flexibility index (Phi) is 4.72. The van der Waals surface area contributed by atoms with E-state index in [9.17, 15) is 9.59 Å². The molecule has 0 fully saturated rings. The van der Waals surface area contributed by atoms with Gasteiger partial charge in [0.05, 0.1) is 6.04 Å². The van der Waals surface area contributed by atoms with Crippen LogP contribution in [0.3, 0.4) is 0 Å². The third-order valence-corrected chi connectivity index (χ3v) is 2.36. The van der Waals surface area contributed by atoms with Crippen LogP contribution in [0.2, 0.25) is 5.02 Å². The number of hydrogen-bond donors (Lipinski definition) is 2. The minimum absolute atomic E-state index is 0.210. The Labute approximate surface area is 104 Å². The topological polar surface area (TPSA) is 66.4 Å². The van der Waals surface area contributed by atoms with Crippen LogP contribution in [0, 0.1) is 0 Å². The predicted octanol–water partition coefficient (Wildman–Crippen LogP) is 2.16. The van der Waals surface area contributed by atoms with E-state index < -0.39 is 11.9 Å². The second-order valence-corrected chi connectivity index (χ2v) is 3.89. The molecule has 5 heteroatoms. The third-order valence-electron chi connectivity index (χ3n) is 2.11. The molecule has 0 spiro atoms. The second kappa shape index (κ2) is 6.06. The zero-order valence-corrected chi connectivity index (χ0v) is 9.94. The van der Waals surface area contributed by atoms with Crippen LogP contribution in [0.25, 0.3) is 0 Å². The molecule has 17 heavy (non-hydrogen) atoms. The van der Waals surface area contributed by atoms with E-state index in [0.717, 1.165) is 17.7 Å². The normalized spacial score (nSPS) is 12.4. The Morgan fingerprint density at radius 3 is 2.41 bits per heavy atom. The summed E-state index contributed by atoms with van der Waals surface area (Å²) in [7, 11) is 0. The molecule has 4 nitrogen and oxygen atoms in total. The van der Waals surface area contributed by atoms with Gasteiger partial charge in [0, 0.05) is 17.2 Å². The molecule has 1 atom stereocenters. The summed E-state index contributed by atoms with van der Waals surface area (Å²) in [6.45, 7) is 1.80. The molecule has 0 bridgehead atoms. The van der Waals surface area contributed by atoms with Gasteiger partial charge >= 0.3 is 5.97 Å². The molecule has 1 unspecified atom stereocenters. The summed E-state index contributed by atoms with van der Waals surface area (Å²) >= 11 is 5.74. The highest BCUT2D eigenvalue weighted by molar-refractivity contribution is 6.30. The van der Waals surface area contributed by atoms with Crippen molar-refractivity contribution in [3.63, 3.8) is 0 Å². The van der Waals surface area contributed by atoms with Gasteiger partial charge in [-0.1, -0.05) is 23.7 Å². The summed E-state index contributed by atoms with van der Waals surface area (Å²) in [6.07, 6.45) is 1.78. The number of nitrogens with one attached hydrogen (secondary N) is 1. The van der Waals surface area contributed by atoms with Crippen LogP contribution >= 0.6 is 11.6 Å². The number of carboxylic acid groups (broad SMARTS) is 1. The van der Waals surface area contributed by atoms with Crippen LogP contribution in [0.5, 0.6) is 0 Å². The van der Waals surface area contributed by atoms with Crippen LogP contribution in [0.4, 0.5) is 0 Å². The molecular formula is C12H12ClNO3. The third kappa shape index (κ3) is 4.70. The molecule has 0 aliphatic heterocycles. The first-order valence-corrected chi connectivity index (χ1v) is 5.34. The molecule has 0 aliphatic rings. The van der Waals surface area contributed by atoms with Gasteiger partial charge in [-0.25, -0.2) is 4.79 Å². The summed E-state index contributed by atoms with van der Waals surface area (Å²) in [5, 5.41) is 11.6. The highest BCUT2D eigenvalue weighted by atomic mass is 35.5. The lowest BCUT2D eigenvalue weighted by Crippen LogP contribution is -2.24. The summed E-state index contributed by atoms with van der Waals surface area (Å²) in [5.74, 6) is -1.60. The van der Waals surface area contributed by atoms with Gasteiger partial charge < -0.3 is 10.4 Å². The molecule has 0 aromatic heterocycles. The minimum Gasteiger partial charge on any atom is -0.478 e. The van der Waals surface area contributed by atoms with Crippen LogP contribution < -0.4 is 5.32 Å². The SMILES string of the molecule is CC(NC(=O)C=CC(=O)O)c1ccc(Cl)cc1. The molecule has 0 saturated carbocycles. The summed E-state index contributed by atoms with van der Waals surface area (Å²) in [4.78, 5) is 21.5. The fraction of sp³-hybridized carbons (Fsp3) is 0.167. The van der Waals surface area contributed by atoms with Gasteiger partial charge in [0.15, 0.2) is 0 Å². The van der Waals surface area contributed by atoms with Crippen molar-refractivity contribution in [2.75, 3.05) is 0 Å². The van der Waals surface area contributed by atoms with Gasteiger partial charge in [0.25, 0.3) is 0 Å². The summed E-state index contributed by atoms with van der Waals surface area (Å²) in [5.41, 5.74) is 0.895. The van der Waals surface area contributed by atoms with Crippen LogP contribution in [-0.2, 0) is 9.59 Å². The van der Waals surface area contributed by atoms with Crippen molar-refractivity contribution in [2.45, 2.75) is 13.0 Å².